The van der Waals surface area contributed by atoms with Gasteiger partial charge in [-0.15, -0.1) is 0 Å². The molecule has 1 aliphatic heterocycles. The van der Waals surface area contributed by atoms with Gasteiger partial charge in [-0.05, 0) is 37.5 Å². The molecule has 1 saturated heterocycles. The average molecular weight is 269 g/mol. The number of carboxylic acid groups (broad SMARTS) is 1. The molecule has 0 aromatic heterocycles. The van der Waals surface area contributed by atoms with Crippen LogP contribution >= 0.6 is 0 Å². The van der Waals surface area contributed by atoms with Crippen molar-refractivity contribution in [1.29, 1.82) is 0 Å². The van der Waals surface area contributed by atoms with Crippen LogP contribution in [-0.2, 0) is 10.0 Å². The number of carbonyl (C=O) groups is 1. The van der Waals surface area contributed by atoms with E-state index in [1.54, 1.807) is 13.0 Å². The fraction of sp³-hybridized carbons (Fsp3) is 0.417. The van der Waals surface area contributed by atoms with Crippen molar-refractivity contribution in [2.75, 3.05) is 16.6 Å². The largest absolute Gasteiger partial charge is 0.478 e. The van der Waals surface area contributed by atoms with Crippen molar-refractivity contribution in [2.24, 2.45) is 0 Å². The van der Waals surface area contributed by atoms with Crippen LogP contribution in [0, 0.1) is 6.92 Å². The minimum absolute atomic E-state index is 0.108. The van der Waals surface area contributed by atoms with Gasteiger partial charge >= 0.3 is 5.97 Å². The van der Waals surface area contributed by atoms with Crippen molar-refractivity contribution in [3.63, 3.8) is 0 Å². The molecule has 0 saturated carbocycles. The minimum Gasteiger partial charge on any atom is -0.478 e. The molecular weight excluding hydrogens is 254 g/mol. The zero-order chi connectivity index (χ0) is 13.3. The summed E-state index contributed by atoms with van der Waals surface area (Å²) in [6.45, 7) is 2.21. The van der Waals surface area contributed by atoms with Gasteiger partial charge in [-0.1, -0.05) is 6.07 Å². The predicted octanol–water partition coefficient (Wildman–Crippen LogP) is 1.62. The number of sulfonamides is 1. The van der Waals surface area contributed by atoms with Crippen LogP contribution in [0.3, 0.4) is 0 Å². The van der Waals surface area contributed by atoms with Gasteiger partial charge in [-0.3, -0.25) is 4.31 Å². The van der Waals surface area contributed by atoms with Crippen LogP contribution in [0.25, 0.3) is 0 Å². The van der Waals surface area contributed by atoms with Crippen molar-refractivity contribution < 1.29 is 18.3 Å². The van der Waals surface area contributed by atoms with Gasteiger partial charge in [0.2, 0.25) is 10.0 Å². The molecule has 6 heteroatoms. The highest BCUT2D eigenvalue weighted by Gasteiger charge is 2.27. The molecule has 0 spiro atoms. The highest BCUT2D eigenvalue weighted by atomic mass is 32.2. The lowest BCUT2D eigenvalue weighted by molar-refractivity contribution is 0.0697. The lowest BCUT2D eigenvalue weighted by atomic mass is 10.1. The second kappa shape index (κ2) is 4.61. The zero-order valence-corrected chi connectivity index (χ0v) is 10.9. The predicted molar refractivity (Wildman–Crippen MR) is 68.5 cm³/mol. The molecule has 1 aromatic rings. The van der Waals surface area contributed by atoms with E-state index in [4.69, 9.17) is 5.11 Å². The third-order valence-electron chi connectivity index (χ3n) is 3.07. The Morgan fingerprint density at radius 1 is 1.33 bits per heavy atom. The summed E-state index contributed by atoms with van der Waals surface area (Å²) in [5.41, 5.74) is 1.36. The second-order valence-electron chi connectivity index (χ2n) is 4.40. The number of benzene rings is 1. The summed E-state index contributed by atoms with van der Waals surface area (Å²) in [6, 6.07) is 4.56. The second-order valence-corrected chi connectivity index (χ2v) is 6.41. The number of rotatable bonds is 2. The summed E-state index contributed by atoms with van der Waals surface area (Å²) < 4.78 is 25.3. The molecule has 1 N–H and O–H groups in total. The topological polar surface area (TPSA) is 74.7 Å². The lowest BCUT2D eigenvalue weighted by Gasteiger charge is -2.29. The van der Waals surface area contributed by atoms with Crippen LogP contribution in [0.5, 0.6) is 0 Å². The Morgan fingerprint density at radius 2 is 2.06 bits per heavy atom. The molecule has 98 valence electrons. The van der Waals surface area contributed by atoms with Gasteiger partial charge < -0.3 is 5.11 Å². The summed E-state index contributed by atoms with van der Waals surface area (Å²) >= 11 is 0. The van der Waals surface area contributed by atoms with Crippen LogP contribution in [0.15, 0.2) is 18.2 Å². The molecule has 0 atom stereocenters. The standard InChI is InChI=1S/C12H15NO4S/c1-9-4-5-10(12(14)15)8-11(9)13-6-2-3-7-18(13,16)17/h4-5,8H,2-3,6-7H2,1H3,(H,14,15). The molecule has 5 nitrogen and oxygen atoms in total. The SMILES string of the molecule is Cc1ccc(C(=O)O)cc1N1CCCCS1(=O)=O. The Bertz CT molecular complexity index is 580. The van der Waals surface area contributed by atoms with Crippen LogP contribution in [0.2, 0.25) is 0 Å². The number of aromatic carboxylic acids is 1. The summed E-state index contributed by atoms with van der Waals surface area (Å²) in [5.74, 6) is -0.922. The normalized spacial score (nSPS) is 18.6. The Morgan fingerprint density at radius 3 is 2.67 bits per heavy atom. The van der Waals surface area contributed by atoms with Crippen molar-refractivity contribution in [3.8, 4) is 0 Å². The number of hydrogen-bond donors (Lipinski definition) is 1. The summed E-state index contributed by atoms with van der Waals surface area (Å²) in [6.07, 6.45) is 1.46. The van der Waals surface area contributed by atoms with Gasteiger partial charge in [0.05, 0.1) is 17.0 Å². The maximum absolute atomic E-state index is 12.0. The monoisotopic (exact) mass is 269 g/mol. The van der Waals surface area contributed by atoms with E-state index in [1.165, 1.54) is 16.4 Å². The van der Waals surface area contributed by atoms with Crippen molar-refractivity contribution >= 4 is 21.7 Å². The van der Waals surface area contributed by atoms with Gasteiger partial charge in [0, 0.05) is 6.54 Å². The van der Waals surface area contributed by atoms with Gasteiger partial charge in [-0.2, -0.15) is 0 Å². The fourth-order valence-corrected chi connectivity index (χ4v) is 3.76. The molecule has 1 heterocycles. The molecule has 0 aliphatic carbocycles. The van der Waals surface area contributed by atoms with Crippen LogP contribution in [0.4, 0.5) is 5.69 Å². The first-order chi connectivity index (χ1) is 8.42. The number of hydrogen-bond acceptors (Lipinski definition) is 3. The van der Waals surface area contributed by atoms with Crippen molar-refractivity contribution in [2.45, 2.75) is 19.8 Å². The zero-order valence-electron chi connectivity index (χ0n) is 10.1. The van der Waals surface area contributed by atoms with Gasteiger partial charge in [0.1, 0.15) is 0 Å². The van der Waals surface area contributed by atoms with Crippen molar-refractivity contribution in [1.82, 2.24) is 0 Å². The molecule has 0 bridgehead atoms. The van der Waals surface area contributed by atoms with Gasteiger partial charge in [-0.25, -0.2) is 13.2 Å². The van der Waals surface area contributed by atoms with Crippen LogP contribution in [-0.4, -0.2) is 31.8 Å². The first kappa shape index (κ1) is 12.9. The van der Waals surface area contributed by atoms with E-state index in [9.17, 15) is 13.2 Å². The summed E-state index contributed by atoms with van der Waals surface area (Å²) in [7, 11) is -3.30. The maximum Gasteiger partial charge on any atom is 0.335 e. The first-order valence-corrected chi connectivity index (χ1v) is 7.37. The highest BCUT2D eigenvalue weighted by Crippen LogP contribution is 2.27. The molecular formula is C12H15NO4S. The number of nitrogens with zero attached hydrogens (tertiary/aromatic N) is 1. The van der Waals surface area contributed by atoms with Crippen molar-refractivity contribution in [3.05, 3.63) is 29.3 Å². The van der Waals surface area contributed by atoms with E-state index < -0.39 is 16.0 Å². The Hall–Kier alpha value is -1.56. The molecule has 0 amide bonds. The van der Waals surface area contributed by atoms with Crippen LogP contribution < -0.4 is 4.31 Å². The molecule has 1 aliphatic rings. The minimum atomic E-state index is -3.30. The highest BCUT2D eigenvalue weighted by molar-refractivity contribution is 7.92. The molecule has 2 rings (SSSR count). The summed E-state index contributed by atoms with van der Waals surface area (Å²) in [5, 5.41) is 8.96. The Kier molecular flexibility index (Phi) is 3.30. The third-order valence-corrected chi connectivity index (χ3v) is 4.93. The Balaban J connectivity index is 2.49. The molecule has 0 unspecified atom stereocenters. The average Bonchev–Trinajstić information content (AvgIpc) is 2.29. The van der Waals surface area contributed by atoms with E-state index in [2.05, 4.69) is 0 Å². The fourth-order valence-electron chi connectivity index (χ4n) is 2.07. The van der Waals surface area contributed by atoms with E-state index in [0.29, 0.717) is 18.7 Å². The maximum atomic E-state index is 12.0. The smallest absolute Gasteiger partial charge is 0.335 e. The number of carboxylic acids is 1. The van der Waals surface area contributed by atoms with Gasteiger partial charge in [0.15, 0.2) is 0 Å². The number of anilines is 1. The van der Waals surface area contributed by atoms with Gasteiger partial charge in [0.25, 0.3) is 0 Å². The van der Waals surface area contributed by atoms with Crippen LogP contribution in [0.1, 0.15) is 28.8 Å². The van der Waals surface area contributed by atoms with E-state index in [1.807, 2.05) is 0 Å². The third kappa shape index (κ3) is 2.33. The van der Waals surface area contributed by atoms with E-state index in [-0.39, 0.29) is 11.3 Å². The first-order valence-electron chi connectivity index (χ1n) is 5.76. The molecule has 18 heavy (non-hydrogen) atoms. The van der Waals surface area contributed by atoms with E-state index >= 15 is 0 Å². The lowest BCUT2D eigenvalue weighted by Crippen LogP contribution is -2.38. The molecule has 1 aromatic carbocycles. The summed E-state index contributed by atoms with van der Waals surface area (Å²) in [4.78, 5) is 10.9. The molecule has 1 fully saturated rings. The Labute approximate surface area is 106 Å². The quantitative estimate of drug-likeness (QED) is 0.885. The molecule has 0 radical (unpaired) electrons. The number of aryl methyl sites for hydroxylation is 1. The van der Waals surface area contributed by atoms with E-state index in [0.717, 1.165) is 12.0 Å².